The Kier molecular flexibility index (Phi) is 5.43. The molecule has 1 atom stereocenters. The second-order valence-electron chi connectivity index (χ2n) is 8.73. The van der Waals surface area contributed by atoms with Gasteiger partial charge in [0.05, 0.1) is 10.8 Å². The number of hydrogen-bond donors (Lipinski definition) is 1. The number of sulfonamides is 1. The summed E-state index contributed by atoms with van der Waals surface area (Å²) < 4.78 is 23.6. The van der Waals surface area contributed by atoms with Gasteiger partial charge in [-0.25, -0.2) is 13.6 Å². The maximum Gasteiger partial charge on any atom is 0.238 e. The first-order chi connectivity index (χ1) is 15.7. The topological polar surface area (TPSA) is 83.7 Å². The van der Waals surface area contributed by atoms with Gasteiger partial charge in [0.25, 0.3) is 0 Å². The molecule has 1 saturated heterocycles. The molecule has 33 heavy (non-hydrogen) atoms. The molecular weight excluding hydrogens is 458 g/mol. The molecule has 3 aromatic carbocycles. The van der Waals surface area contributed by atoms with Crippen molar-refractivity contribution < 1.29 is 13.2 Å². The van der Waals surface area contributed by atoms with Crippen LogP contribution in [0.25, 0.3) is 11.1 Å². The minimum absolute atomic E-state index is 0.0211. The average Bonchev–Trinajstić information content (AvgIpc) is 3.08. The Bertz CT molecular complexity index is 1340. The van der Waals surface area contributed by atoms with Crippen molar-refractivity contribution >= 4 is 38.9 Å². The molecule has 2 heterocycles. The van der Waals surface area contributed by atoms with E-state index >= 15 is 0 Å². The summed E-state index contributed by atoms with van der Waals surface area (Å²) in [6.07, 6.45) is 0.700. The highest BCUT2D eigenvalue weighted by Gasteiger charge is 2.40. The number of carbonyl (C=O) groups is 1. The summed E-state index contributed by atoms with van der Waals surface area (Å²) in [5.74, 6) is -0.114. The molecule has 2 aliphatic rings. The Balaban J connectivity index is 1.29. The van der Waals surface area contributed by atoms with Gasteiger partial charge in [0.1, 0.15) is 0 Å². The van der Waals surface area contributed by atoms with Gasteiger partial charge in [0, 0.05) is 41.1 Å². The molecule has 0 aromatic heterocycles. The van der Waals surface area contributed by atoms with Gasteiger partial charge in [-0.1, -0.05) is 48.0 Å². The zero-order chi connectivity index (χ0) is 23.3. The van der Waals surface area contributed by atoms with Gasteiger partial charge in [0.15, 0.2) is 0 Å². The SMILES string of the molecule is C[C@@H]1Cc2ccc(S(N)(=O)=O)cc2N1C(=O)C1CN(c2ccc(-c3ccccc3Cl)cc2)C1. The van der Waals surface area contributed by atoms with Crippen LogP contribution in [0.4, 0.5) is 11.4 Å². The molecule has 0 radical (unpaired) electrons. The van der Waals surface area contributed by atoms with Crippen molar-refractivity contribution in [2.24, 2.45) is 11.1 Å². The fraction of sp³-hybridized carbons (Fsp3) is 0.240. The van der Waals surface area contributed by atoms with E-state index in [9.17, 15) is 13.2 Å². The predicted octanol–water partition coefficient (Wildman–Crippen LogP) is 4.07. The number of nitrogens with zero attached hydrogens (tertiary/aromatic N) is 2. The van der Waals surface area contributed by atoms with Crippen LogP contribution in [-0.2, 0) is 21.2 Å². The van der Waals surface area contributed by atoms with Gasteiger partial charge in [0.2, 0.25) is 15.9 Å². The lowest BCUT2D eigenvalue weighted by Crippen LogP contribution is -2.55. The van der Waals surface area contributed by atoms with E-state index in [2.05, 4.69) is 4.90 Å². The summed E-state index contributed by atoms with van der Waals surface area (Å²) in [6, 6.07) is 20.7. The summed E-state index contributed by atoms with van der Waals surface area (Å²) in [5.41, 5.74) is 4.71. The van der Waals surface area contributed by atoms with E-state index in [1.807, 2.05) is 55.5 Å². The smallest absolute Gasteiger partial charge is 0.238 e. The molecule has 6 nitrogen and oxygen atoms in total. The lowest BCUT2D eigenvalue weighted by Gasteiger charge is -2.42. The minimum atomic E-state index is -3.83. The largest absolute Gasteiger partial charge is 0.370 e. The van der Waals surface area contributed by atoms with E-state index in [4.69, 9.17) is 16.7 Å². The van der Waals surface area contributed by atoms with Gasteiger partial charge in [-0.2, -0.15) is 0 Å². The Labute approximate surface area is 198 Å². The van der Waals surface area contributed by atoms with Crippen molar-refractivity contribution in [3.63, 3.8) is 0 Å². The molecule has 0 saturated carbocycles. The van der Waals surface area contributed by atoms with E-state index < -0.39 is 10.0 Å². The van der Waals surface area contributed by atoms with Crippen LogP contribution < -0.4 is 14.9 Å². The molecular formula is C25H24ClN3O3S. The summed E-state index contributed by atoms with van der Waals surface area (Å²) in [5, 5.41) is 6.01. The van der Waals surface area contributed by atoms with Gasteiger partial charge >= 0.3 is 0 Å². The van der Waals surface area contributed by atoms with Gasteiger partial charge in [-0.15, -0.1) is 0 Å². The number of nitrogens with two attached hydrogens (primary N) is 1. The third-order valence-electron chi connectivity index (χ3n) is 6.49. The zero-order valence-corrected chi connectivity index (χ0v) is 19.7. The fourth-order valence-corrected chi connectivity index (χ4v) is 5.47. The molecule has 1 amide bonds. The molecule has 2 aliphatic heterocycles. The van der Waals surface area contributed by atoms with Gasteiger partial charge in [-0.05, 0) is 54.8 Å². The lowest BCUT2D eigenvalue weighted by molar-refractivity contribution is -0.123. The molecule has 0 spiro atoms. The maximum atomic E-state index is 13.3. The summed E-state index contributed by atoms with van der Waals surface area (Å²) in [6.45, 7) is 3.23. The highest BCUT2D eigenvalue weighted by atomic mass is 35.5. The number of anilines is 2. The number of rotatable bonds is 4. The first-order valence-corrected chi connectivity index (χ1v) is 12.7. The van der Waals surface area contributed by atoms with E-state index in [-0.39, 0.29) is 22.8 Å². The number of halogens is 1. The normalized spacial score (nSPS) is 18.2. The fourth-order valence-electron chi connectivity index (χ4n) is 4.69. The predicted molar refractivity (Wildman–Crippen MR) is 131 cm³/mol. The van der Waals surface area contributed by atoms with Crippen molar-refractivity contribution in [1.82, 2.24) is 0 Å². The molecule has 3 aromatic rings. The first-order valence-electron chi connectivity index (χ1n) is 10.8. The molecule has 1 fully saturated rings. The van der Waals surface area contributed by atoms with Crippen molar-refractivity contribution in [2.75, 3.05) is 22.9 Å². The maximum absolute atomic E-state index is 13.3. The van der Waals surface area contributed by atoms with E-state index in [0.717, 1.165) is 22.4 Å². The number of primary sulfonamides is 1. The second kappa shape index (κ2) is 8.17. The highest BCUT2D eigenvalue weighted by molar-refractivity contribution is 7.89. The van der Waals surface area contributed by atoms with Crippen LogP contribution in [0.2, 0.25) is 5.02 Å². The first kappa shape index (κ1) is 21.9. The van der Waals surface area contributed by atoms with Crippen molar-refractivity contribution in [2.45, 2.75) is 24.3 Å². The third kappa shape index (κ3) is 4.01. The van der Waals surface area contributed by atoms with Crippen molar-refractivity contribution in [3.05, 3.63) is 77.3 Å². The number of benzene rings is 3. The molecule has 170 valence electrons. The average molecular weight is 482 g/mol. The van der Waals surface area contributed by atoms with Crippen LogP contribution in [0.5, 0.6) is 0 Å². The molecule has 0 bridgehead atoms. The molecule has 0 aliphatic carbocycles. The van der Waals surface area contributed by atoms with Crippen molar-refractivity contribution in [1.29, 1.82) is 0 Å². The Morgan fingerprint density at radius 2 is 1.73 bits per heavy atom. The summed E-state index contributed by atoms with van der Waals surface area (Å²) >= 11 is 6.31. The van der Waals surface area contributed by atoms with E-state index in [1.165, 1.54) is 12.1 Å². The third-order valence-corrected chi connectivity index (χ3v) is 7.73. The molecule has 8 heteroatoms. The highest BCUT2D eigenvalue weighted by Crippen LogP contribution is 2.37. The van der Waals surface area contributed by atoms with Crippen LogP contribution >= 0.6 is 11.6 Å². The Morgan fingerprint density at radius 1 is 1.03 bits per heavy atom. The summed E-state index contributed by atoms with van der Waals surface area (Å²) in [7, 11) is -3.83. The Hall–Kier alpha value is -2.87. The quantitative estimate of drug-likeness (QED) is 0.608. The summed E-state index contributed by atoms with van der Waals surface area (Å²) in [4.78, 5) is 17.3. The van der Waals surface area contributed by atoms with E-state index in [1.54, 1.807) is 11.0 Å². The van der Waals surface area contributed by atoms with Crippen LogP contribution in [0.3, 0.4) is 0 Å². The van der Waals surface area contributed by atoms with Crippen LogP contribution in [0, 0.1) is 5.92 Å². The van der Waals surface area contributed by atoms with Gasteiger partial charge in [-0.3, -0.25) is 4.79 Å². The van der Waals surface area contributed by atoms with Crippen LogP contribution in [-0.4, -0.2) is 33.5 Å². The Morgan fingerprint density at radius 3 is 2.39 bits per heavy atom. The minimum Gasteiger partial charge on any atom is -0.370 e. The monoisotopic (exact) mass is 481 g/mol. The van der Waals surface area contributed by atoms with Crippen LogP contribution in [0.1, 0.15) is 12.5 Å². The van der Waals surface area contributed by atoms with Crippen molar-refractivity contribution in [3.8, 4) is 11.1 Å². The second-order valence-corrected chi connectivity index (χ2v) is 10.7. The molecule has 2 N–H and O–H groups in total. The lowest BCUT2D eigenvalue weighted by atomic mass is 9.96. The van der Waals surface area contributed by atoms with Crippen LogP contribution in [0.15, 0.2) is 71.6 Å². The number of hydrogen-bond acceptors (Lipinski definition) is 4. The standard InChI is InChI=1S/C25H24ClN3O3S/c1-16-12-18-8-11-21(33(27,31)32)13-24(18)29(16)25(30)19-14-28(15-19)20-9-6-17(7-10-20)22-4-2-3-5-23(22)26/h2-11,13,16,19H,12,14-15H2,1H3,(H2,27,31,32)/t16-/m1/s1. The van der Waals surface area contributed by atoms with E-state index in [0.29, 0.717) is 30.2 Å². The van der Waals surface area contributed by atoms with Gasteiger partial charge < -0.3 is 9.80 Å². The molecule has 5 rings (SSSR count). The number of fused-ring (bicyclic) bond motifs is 1. The molecule has 0 unspecified atom stereocenters. The number of amides is 1. The number of carbonyl (C=O) groups excluding carboxylic acids is 1. The zero-order valence-electron chi connectivity index (χ0n) is 18.1.